The number of aromatic hydroxyl groups is 1. The molecule has 0 saturated carbocycles. The fraction of sp³-hybridized carbons (Fsp3) is 0.476. The van der Waals surface area contributed by atoms with E-state index >= 15 is 0 Å². The highest BCUT2D eigenvalue weighted by molar-refractivity contribution is 5.96. The molecule has 0 radical (unpaired) electrons. The van der Waals surface area contributed by atoms with Crippen LogP contribution in [0.25, 0.3) is 0 Å². The Hall–Kier alpha value is -3.71. The van der Waals surface area contributed by atoms with Crippen molar-refractivity contribution in [1.82, 2.24) is 16.0 Å². The average Bonchev–Trinajstić information content (AvgIpc) is 2.76. The Kier molecular flexibility index (Phi) is 10.9. The molecule has 4 atom stereocenters. The largest absolute Gasteiger partial charge is 0.508 e. The van der Waals surface area contributed by atoms with Gasteiger partial charge >= 0.3 is 5.97 Å². The van der Waals surface area contributed by atoms with Crippen LogP contribution in [0.3, 0.4) is 0 Å². The van der Waals surface area contributed by atoms with Gasteiger partial charge in [0.25, 0.3) is 0 Å². The molecule has 1 aromatic carbocycles. The van der Waals surface area contributed by atoms with Crippen LogP contribution in [0, 0.1) is 5.92 Å². The van der Waals surface area contributed by atoms with Gasteiger partial charge < -0.3 is 42.7 Å². The molecular weight excluding hydrogens is 450 g/mol. The number of nitrogens with one attached hydrogen (secondary N) is 3. The zero-order valence-electron chi connectivity index (χ0n) is 18.9. The third-order valence-electron chi connectivity index (χ3n) is 4.87. The summed E-state index contributed by atoms with van der Waals surface area (Å²) in [6.45, 7) is 2.54. The van der Waals surface area contributed by atoms with Gasteiger partial charge in [0.15, 0.2) is 0 Å². The number of aliphatic carboxylic acids is 1. The first kappa shape index (κ1) is 28.3. The summed E-state index contributed by atoms with van der Waals surface area (Å²) in [7, 11) is 0. The van der Waals surface area contributed by atoms with Crippen molar-refractivity contribution in [3.63, 3.8) is 0 Å². The van der Waals surface area contributed by atoms with Gasteiger partial charge in [-0.25, -0.2) is 4.79 Å². The van der Waals surface area contributed by atoms with Gasteiger partial charge in [0.05, 0.1) is 19.1 Å². The van der Waals surface area contributed by atoms with E-state index in [4.69, 9.17) is 11.5 Å². The van der Waals surface area contributed by atoms with E-state index in [0.29, 0.717) is 5.56 Å². The Balaban J connectivity index is 2.94. The molecule has 0 spiro atoms. The quantitative estimate of drug-likeness (QED) is 0.146. The molecule has 4 unspecified atom stereocenters. The van der Waals surface area contributed by atoms with Crippen LogP contribution in [0.4, 0.5) is 0 Å². The van der Waals surface area contributed by atoms with E-state index in [9.17, 15) is 39.3 Å². The summed E-state index contributed by atoms with van der Waals surface area (Å²) in [6, 6.07) is 0.197. The second-order valence-corrected chi connectivity index (χ2v) is 8.02. The number of carboxylic acids is 1. The van der Waals surface area contributed by atoms with Gasteiger partial charge in [-0.15, -0.1) is 0 Å². The maximum absolute atomic E-state index is 12.7. The second-order valence-electron chi connectivity index (χ2n) is 8.02. The van der Waals surface area contributed by atoms with Gasteiger partial charge in [-0.05, 0) is 23.6 Å². The van der Waals surface area contributed by atoms with Crippen molar-refractivity contribution in [3.05, 3.63) is 29.8 Å². The van der Waals surface area contributed by atoms with Crippen molar-refractivity contribution in [2.45, 2.75) is 50.9 Å². The van der Waals surface area contributed by atoms with Crippen molar-refractivity contribution in [2.24, 2.45) is 17.4 Å². The SMILES string of the molecule is CC(C)C(N)C(=O)NC(CO)C(=O)NC(CC(N)=O)C(=O)NC(Cc1ccc(O)cc1)C(=O)O. The third-order valence-corrected chi connectivity index (χ3v) is 4.87. The number of carbonyl (C=O) groups excluding carboxylic acids is 4. The van der Waals surface area contributed by atoms with E-state index in [0.717, 1.165) is 0 Å². The Labute approximate surface area is 195 Å². The Morgan fingerprint density at radius 3 is 1.85 bits per heavy atom. The first-order valence-corrected chi connectivity index (χ1v) is 10.4. The predicted molar refractivity (Wildman–Crippen MR) is 119 cm³/mol. The maximum atomic E-state index is 12.7. The summed E-state index contributed by atoms with van der Waals surface area (Å²) >= 11 is 0. The van der Waals surface area contributed by atoms with Gasteiger partial charge in [0.1, 0.15) is 23.9 Å². The number of hydrogen-bond acceptors (Lipinski definition) is 8. The molecule has 10 N–H and O–H groups in total. The molecule has 13 nitrogen and oxygen atoms in total. The minimum atomic E-state index is -1.57. The number of carboxylic acid groups (broad SMARTS) is 1. The first-order valence-electron chi connectivity index (χ1n) is 10.4. The molecule has 0 heterocycles. The molecule has 0 aromatic heterocycles. The van der Waals surface area contributed by atoms with Crippen LogP contribution in [-0.4, -0.2) is 75.7 Å². The van der Waals surface area contributed by atoms with Crippen LogP contribution >= 0.6 is 0 Å². The average molecular weight is 482 g/mol. The van der Waals surface area contributed by atoms with Gasteiger partial charge in [-0.1, -0.05) is 26.0 Å². The Bertz CT molecular complexity index is 890. The standard InChI is InChI=1S/C21H31N5O8/c1-10(2)17(23)20(32)26-15(9-27)19(31)24-13(8-16(22)29)18(30)25-14(21(33)34)7-11-3-5-12(28)6-4-11/h3-6,10,13-15,17,27-28H,7-9,23H2,1-2H3,(H2,22,29)(H,24,31)(H,25,30)(H,26,32)(H,33,34). The van der Waals surface area contributed by atoms with E-state index in [-0.39, 0.29) is 18.1 Å². The van der Waals surface area contributed by atoms with E-state index in [1.165, 1.54) is 24.3 Å². The first-order chi connectivity index (χ1) is 15.8. The summed E-state index contributed by atoms with van der Waals surface area (Å²) in [6.07, 6.45) is -0.818. The highest BCUT2D eigenvalue weighted by Crippen LogP contribution is 2.12. The molecule has 34 heavy (non-hydrogen) atoms. The second kappa shape index (κ2) is 13.1. The molecule has 1 rings (SSSR count). The van der Waals surface area contributed by atoms with E-state index in [1.807, 2.05) is 0 Å². The number of aliphatic hydroxyl groups is 1. The lowest BCUT2D eigenvalue weighted by Gasteiger charge is -2.24. The van der Waals surface area contributed by atoms with E-state index in [2.05, 4.69) is 16.0 Å². The van der Waals surface area contributed by atoms with Gasteiger partial charge in [0.2, 0.25) is 23.6 Å². The summed E-state index contributed by atoms with van der Waals surface area (Å²) < 4.78 is 0. The number of rotatable bonds is 13. The van der Waals surface area contributed by atoms with Gasteiger partial charge in [0, 0.05) is 6.42 Å². The lowest BCUT2D eigenvalue weighted by molar-refractivity contribution is -0.142. The lowest BCUT2D eigenvalue weighted by Crippen LogP contribution is -2.59. The monoisotopic (exact) mass is 481 g/mol. The van der Waals surface area contributed by atoms with Crippen LogP contribution in [0.15, 0.2) is 24.3 Å². The molecule has 0 aliphatic heterocycles. The van der Waals surface area contributed by atoms with Gasteiger partial charge in [-0.3, -0.25) is 19.2 Å². The van der Waals surface area contributed by atoms with Crippen molar-refractivity contribution >= 4 is 29.6 Å². The smallest absolute Gasteiger partial charge is 0.326 e. The topological polar surface area (TPSA) is 234 Å². The van der Waals surface area contributed by atoms with Crippen LogP contribution in [0.1, 0.15) is 25.8 Å². The molecule has 1 aromatic rings. The van der Waals surface area contributed by atoms with Gasteiger partial charge in [-0.2, -0.15) is 0 Å². The van der Waals surface area contributed by atoms with Crippen molar-refractivity contribution in [2.75, 3.05) is 6.61 Å². The van der Waals surface area contributed by atoms with Crippen molar-refractivity contribution < 1.29 is 39.3 Å². The zero-order valence-corrected chi connectivity index (χ0v) is 18.9. The number of carbonyl (C=O) groups is 5. The Morgan fingerprint density at radius 1 is 0.882 bits per heavy atom. The summed E-state index contributed by atoms with van der Waals surface area (Å²) in [5, 5.41) is 35.0. The maximum Gasteiger partial charge on any atom is 0.326 e. The zero-order chi connectivity index (χ0) is 26.0. The van der Waals surface area contributed by atoms with Crippen LogP contribution in [-0.2, 0) is 30.4 Å². The molecule has 0 aliphatic carbocycles. The number of aliphatic hydroxyl groups excluding tert-OH is 1. The summed E-state index contributed by atoms with van der Waals surface area (Å²) in [5.41, 5.74) is 11.4. The lowest BCUT2D eigenvalue weighted by atomic mass is 10.0. The number of phenols is 1. The highest BCUT2D eigenvalue weighted by Gasteiger charge is 2.31. The number of hydrogen-bond donors (Lipinski definition) is 8. The predicted octanol–water partition coefficient (Wildman–Crippen LogP) is -2.68. The third kappa shape index (κ3) is 9.03. The molecule has 0 aliphatic rings. The minimum absolute atomic E-state index is 0.0243. The molecular formula is C21H31N5O8. The molecule has 4 amide bonds. The highest BCUT2D eigenvalue weighted by atomic mass is 16.4. The van der Waals surface area contributed by atoms with Crippen LogP contribution < -0.4 is 27.4 Å². The number of phenolic OH excluding ortho intramolecular Hbond substituents is 1. The number of amides is 4. The van der Waals surface area contributed by atoms with E-state index < -0.39 is 66.8 Å². The Morgan fingerprint density at radius 2 is 1.38 bits per heavy atom. The molecule has 0 bridgehead atoms. The fourth-order valence-electron chi connectivity index (χ4n) is 2.79. The number of primary amides is 1. The summed E-state index contributed by atoms with van der Waals surface area (Å²) in [4.78, 5) is 60.4. The molecule has 13 heteroatoms. The minimum Gasteiger partial charge on any atom is -0.508 e. The number of nitrogens with two attached hydrogens (primary N) is 2. The van der Waals surface area contributed by atoms with Crippen LogP contribution in [0.2, 0.25) is 0 Å². The molecule has 188 valence electrons. The van der Waals surface area contributed by atoms with Crippen molar-refractivity contribution in [1.29, 1.82) is 0 Å². The van der Waals surface area contributed by atoms with Crippen molar-refractivity contribution in [3.8, 4) is 5.75 Å². The van der Waals surface area contributed by atoms with E-state index in [1.54, 1.807) is 13.8 Å². The van der Waals surface area contributed by atoms with Crippen LogP contribution in [0.5, 0.6) is 5.75 Å². The fourth-order valence-corrected chi connectivity index (χ4v) is 2.79. The summed E-state index contributed by atoms with van der Waals surface area (Å²) in [5.74, 6) is -5.34. The molecule has 0 saturated heterocycles. The number of benzene rings is 1. The molecule has 0 fully saturated rings. The normalized spacial score (nSPS) is 14.4.